The second-order valence-corrected chi connectivity index (χ2v) is 8.42. The maximum Gasteiger partial charge on any atom is 0.387 e. The van der Waals surface area contributed by atoms with E-state index in [4.69, 9.17) is 0 Å². The first kappa shape index (κ1) is 18.1. The Morgan fingerprint density at radius 2 is 1.83 bits per heavy atom. The van der Waals surface area contributed by atoms with Crippen LogP contribution in [0.5, 0.6) is 5.75 Å². The van der Waals surface area contributed by atoms with Crippen LogP contribution in [0.2, 0.25) is 0 Å². The molecule has 1 fully saturated rings. The van der Waals surface area contributed by atoms with Crippen molar-refractivity contribution in [3.05, 3.63) is 29.8 Å². The van der Waals surface area contributed by atoms with E-state index in [1.807, 2.05) is 11.9 Å². The lowest BCUT2D eigenvalue weighted by atomic mass is 9.93. The summed E-state index contributed by atoms with van der Waals surface area (Å²) >= 11 is 0. The Balaban J connectivity index is 2.03. The minimum absolute atomic E-state index is 0.00394. The molecule has 1 aromatic rings. The average Bonchev–Trinajstić information content (AvgIpc) is 2.48. The summed E-state index contributed by atoms with van der Waals surface area (Å²) in [7, 11) is -1.16. The smallest absolute Gasteiger partial charge is 0.387 e. The van der Waals surface area contributed by atoms with Crippen molar-refractivity contribution in [3.63, 3.8) is 0 Å². The summed E-state index contributed by atoms with van der Waals surface area (Å²) in [5.74, 6) is 0.123. The fraction of sp³-hybridized carbons (Fsp3) is 0.625. The summed E-state index contributed by atoms with van der Waals surface area (Å²) in [6.45, 7) is -2.26. The third-order valence-corrected chi connectivity index (χ3v) is 6.01. The van der Waals surface area contributed by atoms with Crippen LogP contribution < -0.4 is 4.74 Å². The molecule has 130 valence electrons. The van der Waals surface area contributed by atoms with Gasteiger partial charge in [-0.15, -0.1) is 0 Å². The first-order chi connectivity index (χ1) is 10.8. The molecule has 0 spiro atoms. The van der Waals surface area contributed by atoms with Crippen molar-refractivity contribution in [3.8, 4) is 5.75 Å². The molecule has 0 bridgehead atoms. The molecule has 0 radical (unpaired) electrons. The van der Waals surface area contributed by atoms with Crippen molar-refractivity contribution in [1.82, 2.24) is 4.90 Å². The van der Waals surface area contributed by atoms with Crippen molar-refractivity contribution in [2.45, 2.75) is 50.1 Å². The van der Waals surface area contributed by atoms with Crippen LogP contribution in [0.15, 0.2) is 24.3 Å². The molecule has 2 atom stereocenters. The van der Waals surface area contributed by atoms with Gasteiger partial charge in [-0.05, 0) is 37.6 Å². The first-order valence-electron chi connectivity index (χ1n) is 7.70. The highest BCUT2D eigenvalue weighted by Gasteiger charge is 2.34. The van der Waals surface area contributed by atoms with Gasteiger partial charge in [0.15, 0.2) is 9.84 Å². The molecule has 7 heteroatoms. The third-order valence-electron chi connectivity index (χ3n) is 4.36. The highest BCUT2D eigenvalue weighted by molar-refractivity contribution is 7.91. The first-order valence-corrected chi connectivity index (χ1v) is 9.65. The summed E-state index contributed by atoms with van der Waals surface area (Å²) in [5.41, 5.74) is 0.937. The summed E-state index contributed by atoms with van der Waals surface area (Å²) in [6, 6.07) is 6.46. The van der Waals surface area contributed by atoms with Crippen molar-refractivity contribution in [1.29, 1.82) is 0 Å². The van der Waals surface area contributed by atoms with E-state index in [0.29, 0.717) is 13.0 Å². The van der Waals surface area contributed by atoms with Gasteiger partial charge in [0, 0.05) is 18.8 Å². The molecule has 2 rings (SSSR count). The predicted octanol–water partition coefficient (Wildman–Crippen LogP) is 3.08. The molecule has 0 N–H and O–H groups in total. The van der Waals surface area contributed by atoms with Crippen molar-refractivity contribution < 1.29 is 21.9 Å². The average molecular weight is 347 g/mol. The standard InChI is InChI=1S/C16H23F2NO3S/c1-19(14-5-3-4-6-15(14)23(2,20)21)11-12-7-9-13(10-8-12)22-16(17)18/h7-10,14-16H,3-6,11H2,1-2H3. The molecule has 1 aliphatic carbocycles. The van der Waals surface area contributed by atoms with E-state index < -0.39 is 16.4 Å². The van der Waals surface area contributed by atoms with Crippen LogP contribution in [-0.2, 0) is 16.4 Å². The van der Waals surface area contributed by atoms with Gasteiger partial charge in [0.1, 0.15) is 5.75 Å². The lowest BCUT2D eigenvalue weighted by molar-refractivity contribution is -0.0498. The van der Waals surface area contributed by atoms with Crippen molar-refractivity contribution >= 4 is 9.84 Å². The summed E-state index contributed by atoms with van der Waals surface area (Å²) < 4.78 is 52.6. The number of nitrogens with zero attached hydrogens (tertiary/aromatic N) is 1. The van der Waals surface area contributed by atoms with Crippen LogP contribution in [0.3, 0.4) is 0 Å². The van der Waals surface area contributed by atoms with Gasteiger partial charge in [0.05, 0.1) is 5.25 Å². The SMILES string of the molecule is CN(Cc1ccc(OC(F)F)cc1)C1CCCCC1S(C)(=O)=O. The van der Waals surface area contributed by atoms with Crippen LogP contribution in [0.4, 0.5) is 8.78 Å². The van der Waals surface area contributed by atoms with E-state index in [1.54, 1.807) is 12.1 Å². The number of hydrogen-bond donors (Lipinski definition) is 0. The quantitative estimate of drug-likeness (QED) is 0.793. The van der Waals surface area contributed by atoms with E-state index in [2.05, 4.69) is 4.74 Å². The topological polar surface area (TPSA) is 46.6 Å². The van der Waals surface area contributed by atoms with Crippen molar-refractivity contribution in [2.24, 2.45) is 0 Å². The minimum Gasteiger partial charge on any atom is -0.435 e. The maximum atomic E-state index is 12.1. The van der Waals surface area contributed by atoms with Crippen LogP contribution in [0, 0.1) is 0 Å². The Bertz CT molecular complexity index is 604. The molecule has 0 aliphatic heterocycles. The lowest BCUT2D eigenvalue weighted by Gasteiger charge is -2.37. The lowest BCUT2D eigenvalue weighted by Crippen LogP contribution is -2.46. The highest BCUT2D eigenvalue weighted by atomic mass is 32.2. The Morgan fingerprint density at radius 3 is 2.39 bits per heavy atom. The van der Waals surface area contributed by atoms with E-state index in [1.165, 1.54) is 18.4 Å². The molecule has 0 heterocycles. The molecular formula is C16H23F2NO3S. The molecular weight excluding hydrogens is 324 g/mol. The number of benzene rings is 1. The molecule has 0 amide bonds. The zero-order chi connectivity index (χ0) is 17.0. The summed E-state index contributed by atoms with van der Waals surface area (Å²) in [4.78, 5) is 2.05. The molecule has 2 unspecified atom stereocenters. The van der Waals surface area contributed by atoms with E-state index in [-0.39, 0.29) is 17.0 Å². The van der Waals surface area contributed by atoms with E-state index >= 15 is 0 Å². The Kier molecular flexibility index (Phi) is 5.97. The van der Waals surface area contributed by atoms with Gasteiger partial charge in [-0.1, -0.05) is 25.0 Å². The molecule has 23 heavy (non-hydrogen) atoms. The van der Waals surface area contributed by atoms with Crippen LogP contribution in [-0.4, -0.2) is 44.5 Å². The number of halogens is 2. The summed E-state index contributed by atoms with van der Waals surface area (Å²) in [5, 5.41) is -0.331. The monoisotopic (exact) mass is 347 g/mol. The minimum atomic E-state index is -3.08. The fourth-order valence-corrected chi connectivity index (χ4v) is 4.77. The van der Waals surface area contributed by atoms with Crippen LogP contribution >= 0.6 is 0 Å². The second kappa shape index (κ2) is 7.57. The number of rotatable bonds is 6. The van der Waals surface area contributed by atoms with Crippen molar-refractivity contribution in [2.75, 3.05) is 13.3 Å². The number of sulfone groups is 1. The van der Waals surface area contributed by atoms with Gasteiger partial charge in [-0.2, -0.15) is 8.78 Å². The Morgan fingerprint density at radius 1 is 1.22 bits per heavy atom. The largest absolute Gasteiger partial charge is 0.435 e. The van der Waals surface area contributed by atoms with Gasteiger partial charge < -0.3 is 4.74 Å². The van der Waals surface area contributed by atoms with Gasteiger partial charge in [-0.3, -0.25) is 4.90 Å². The van der Waals surface area contributed by atoms with E-state index in [9.17, 15) is 17.2 Å². The number of alkyl halides is 2. The second-order valence-electron chi connectivity index (χ2n) is 6.16. The van der Waals surface area contributed by atoms with E-state index in [0.717, 1.165) is 24.8 Å². The van der Waals surface area contributed by atoms with Crippen LogP contribution in [0.25, 0.3) is 0 Å². The maximum absolute atomic E-state index is 12.1. The Hall–Kier alpha value is -1.21. The van der Waals surface area contributed by atoms with Gasteiger partial charge >= 0.3 is 6.61 Å². The third kappa shape index (κ3) is 5.14. The normalized spacial score (nSPS) is 22.5. The number of ether oxygens (including phenoxy) is 1. The molecule has 0 aromatic heterocycles. The molecule has 1 aliphatic rings. The highest BCUT2D eigenvalue weighted by Crippen LogP contribution is 2.28. The predicted molar refractivity (Wildman–Crippen MR) is 85.4 cm³/mol. The number of hydrogen-bond acceptors (Lipinski definition) is 4. The Labute approximate surface area is 136 Å². The summed E-state index contributed by atoms with van der Waals surface area (Å²) in [6.07, 6.45) is 4.85. The zero-order valence-corrected chi connectivity index (χ0v) is 14.2. The molecule has 4 nitrogen and oxygen atoms in total. The van der Waals surface area contributed by atoms with Gasteiger partial charge in [-0.25, -0.2) is 8.42 Å². The molecule has 1 aromatic carbocycles. The van der Waals surface area contributed by atoms with Gasteiger partial charge in [0.25, 0.3) is 0 Å². The van der Waals surface area contributed by atoms with Crippen LogP contribution in [0.1, 0.15) is 31.2 Å². The zero-order valence-electron chi connectivity index (χ0n) is 13.4. The molecule has 0 saturated heterocycles. The van der Waals surface area contributed by atoms with Gasteiger partial charge in [0.2, 0.25) is 0 Å². The fourth-order valence-electron chi connectivity index (χ4n) is 3.26. The molecule has 1 saturated carbocycles.